The molecular weight excluding hydrogens is 299 g/mol. The fourth-order valence-electron chi connectivity index (χ4n) is 1.95. The number of hydrogen-bond acceptors (Lipinski definition) is 6. The predicted octanol–water partition coefficient (Wildman–Crippen LogP) is -2.12. The summed E-state index contributed by atoms with van der Waals surface area (Å²) in [6.07, 6.45) is 0. The van der Waals surface area contributed by atoms with Gasteiger partial charge in [-0.15, -0.1) is 0 Å². The summed E-state index contributed by atoms with van der Waals surface area (Å²) in [5, 5.41) is 11.1. The van der Waals surface area contributed by atoms with Crippen molar-refractivity contribution in [2.45, 2.75) is 13.8 Å². The number of fused-ring (bicyclic) bond motifs is 1. The zero-order chi connectivity index (χ0) is 15.4. The third-order valence-corrected chi connectivity index (χ3v) is 2.99. The maximum atomic E-state index is 11.9. The largest absolute Gasteiger partial charge is 1.00 e. The van der Waals surface area contributed by atoms with Gasteiger partial charge in [0.15, 0.2) is 11.2 Å². The summed E-state index contributed by atoms with van der Waals surface area (Å²) in [6.45, 7) is 4.98. The summed E-state index contributed by atoms with van der Waals surface area (Å²) in [6, 6.07) is 4.11. The number of rotatable bonds is 6. The number of carbonyl (C=O) groups is 1. The van der Waals surface area contributed by atoms with Crippen molar-refractivity contribution >= 4 is 16.9 Å². The van der Waals surface area contributed by atoms with Gasteiger partial charge in [0.05, 0.1) is 12.0 Å². The number of aryl methyl sites for hydroxylation is 1. The van der Waals surface area contributed by atoms with E-state index in [1.807, 2.05) is 6.92 Å². The van der Waals surface area contributed by atoms with Crippen molar-refractivity contribution in [3.63, 3.8) is 0 Å². The quantitative estimate of drug-likeness (QED) is 0.448. The minimum atomic E-state index is -1.53. The molecule has 0 N–H and O–H groups in total. The van der Waals surface area contributed by atoms with Crippen molar-refractivity contribution in [3.8, 4) is 5.75 Å². The van der Waals surface area contributed by atoms with Gasteiger partial charge in [-0.3, -0.25) is 4.79 Å². The summed E-state index contributed by atoms with van der Waals surface area (Å²) < 4.78 is 15.9. The van der Waals surface area contributed by atoms with Crippen LogP contribution in [0.3, 0.4) is 0 Å². The molecule has 1 aromatic carbocycles. The number of ether oxygens (including phenoxy) is 2. The van der Waals surface area contributed by atoms with Crippen LogP contribution in [0, 0.1) is 6.92 Å². The van der Waals surface area contributed by atoms with Gasteiger partial charge in [0.1, 0.15) is 23.9 Å². The molecule has 0 bridgehead atoms. The van der Waals surface area contributed by atoms with Gasteiger partial charge in [-0.1, -0.05) is 0 Å². The molecule has 0 aliphatic heterocycles. The van der Waals surface area contributed by atoms with Gasteiger partial charge >= 0.3 is 29.6 Å². The molecule has 0 spiro atoms. The van der Waals surface area contributed by atoms with Crippen molar-refractivity contribution in [3.05, 3.63) is 39.7 Å². The first-order valence-electron chi connectivity index (χ1n) is 6.54. The average Bonchev–Trinajstić information content (AvgIpc) is 2.46. The van der Waals surface area contributed by atoms with E-state index < -0.39 is 17.2 Å². The second kappa shape index (κ2) is 8.33. The summed E-state index contributed by atoms with van der Waals surface area (Å²) in [4.78, 5) is 22.7. The maximum Gasteiger partial charge on any atom is 1.00 e. The topological polar surface area (TPSA) is 88.8 Å². The average molecular weight is 314 g/mol. The molecule has 2 aromatic rings. The van der Waals surface area contributed by atoms with E-state index in [0.29, 0.717) is 36.5 Å². The second-order valence-corrected chi connectivity index (χ2v) is 4.37. The minimum absolute atomic E-state index is 0. The van der Waals surface area contributed by atoms with E-state index in [1.54, 1.807) is 19.1 Å². The third kappa shape index (κ3) is 4.10. The molecule has 0 atom stereocenters. The van der Waals surface area contributed by atoms with Crippen LogP contribution in [-0.2, 0) is 4.74 Å². The Kier molecular flexibility index (Phi) is 7.09. The smallest absolute Gasteiger partial charge is 0.542 e. The Morgan fingerprint density at radius 2 is 2.05 bits per heavy atom. The Balaban J connectivity index is 0.00000242. The predicted molar refractivity (Wildman–Crippen MR) is 73.5 cm³/mol. The molecule has 0 radical (unpaired) electrons. The number of aromatic carboxylic acids is 1. The summed E-state index contributed by atoms with van der Waals surface area (Å²) in [5.41, 5.74) is 0.319. The molecule has 1 heterocycles. The normalized spacial score (nSPS) is 10.3. The molecule has 0 amide bonds. The summed E-state index contributed by atoms with van der Waals surface area (Å²) in [7, 11) is 0. The zero-order valence-electron chi connectivity index (χ0n) is 12.8. The number of carboxylic acid groups (broad SMARTS) is 1. The van der Waals surface area contributed by atoms with Gasteiger partial charge in [0.25, 0.3) is 0 Å². The Bertz CT molecular complexity index is 722. The Hall–Kier alpha value is -1.34. The fraction of sp³-hybridized carbons (Fsp3) is 0.333. The van der Waals surface area contributed by atoms with Crippen LogP contribution in [0.25, 0.3) is 11.0 Å². The molecule has 22 heavy (non-hydrogen) atoms. The maximum absolute atomic E-state index is 11.9. The van der Waals surface area contributed by atoms with Crippen LogP contribution in [0.15, 0.2) is 27.4 Å². The minimum Gasteiger partial charge on any atom is -0.542 e. The van der Waals surface area contributed by atoms with E-state index in [1.165, 1.54) is 0 Å². The number of carboxylic acids is 1. The molecule has 112 valence electrons. The molecule has 0 unspecified atom stereocenters. The van der Waals surface area contributed by atoms with Gasteiger partial charge in [-0.25, -0.2) is 0 Å². The van der Waals surface area contributed by atoms with Crippen molar-refractivity contribution in [2.75, 3.05) is 19.8 Å². The Morgan fingerprint density at radius 1 is 1.32 bits per heavy atom. The van der Waals surface area contributed by atoms with E-state index >= 15 is 0 Å². The molecule has 7 heteroatoms. The Morgan fingerprint density at radius 3 is 2.68 bits per heavy atom. The van der Waals surface area contributed by atoms with Crippen LogP contribution >= 0.6 is 0 Å². The van der Waals surface area contributed by atoms with E-state index in [9.17, 15) is 14.7 Å². The van der Waals surface area contributed by atoms with Crippen LogP contribution in [0.1, 0.15) is 23.0 Å². The van der Waals surface area contributed by atoms with Crippen LogP contribution in [-0.4, -0.2) is 25.8 Å². The zero-order valence-corrected chi connectivity index (χ0v) is 14.8. The standard InChI is InChI=1S/C15H16O6.Na/c1-3-19-6-7-20-12-5-4-10-11(16)8-13(15(17)18)21-14(10)9(12)2;/h4-5,8H,3,6-7H2,1-2H3,(H,17,18);/q;+1/p-1. The first-order chi connectivity index (χ1) is 10.0. The molecule has 0 fully saturated rings. The van der Waals surface area contributed by atoms with Crippen LogP contribution < -0.4 is 44.8 Å². The monoisotopic (exact) mass is 314 g/mol. The van der Waals surface area contributed by atoms with E-state index in [2.05, 4.69) is 0 Å². The van der Waals surface area contributed by atoms with Crippen LogP contribution in [0.2, 0.25) is 0 Å². The number of benzene rings is 1. The molecule has 0 aliphatic rings. The van der Waals surface area contributed by atoms with Gasteiger partial charge in [0, 0.05) is 18.2 Å². The molecule has 2 rings (SSSR count). The third-order valence-electron chi connectivity index (χ3n) is 2.99. The van der Waals surface area contributed by atoms with Crippen molar-refractivity contribution in [1.29, 1.82) is 0 Å². The summed E-state index contributed by atoms with van der Waals surface area (Å²) >= 11 is 0. The molecular formula is C15H15NaO6. The van der Waals surface area contributed by atoms with Gasteiger partial charge < -0.3 is 23.8 Å². The van der Waals surface area contributed by atoms with Crippen LogP contribution in [0.4, 0.5) is 0 Å². The van der Waals surface area contributed by atoms with Gasteiger partial charge in [-0.2, -0.15) is 0 Å². The first kappa shape index (κ1) is 18.7. The van der Waals surface area contributed by atoms with Gasteiger partial charge in [0.2, 0.25) is 0 Å². The van der Waals surface area contributed by atoms with E-state index in [0.717, 1.165) is 6.07 Å². The van der Waals surface area contributed by atoms with Crippen molar-refractivity contribution in [1.82, 2.24) is 0 Å². The molecule has 0 saturated heterocycles. The van der Waals surface area contributed by atoms with Crippen molar-refractivity contribution in [2.24, 2.45) is 0 Å². The number of hydrogen-bond donors (Lipinski definition) is 0. The molecule has 0 saturated carbocycles. The van der Waals surface area contributed by atoms with Crippen molar-refractivity contribution < 1.29 is 53.3 Å². The van der Waals surface area contributed by atoms with E-state index in [4.69, 9.17) is 13.9 Å². The van der Waals surface area contributed by atoms with E-state index in [-0.39, 0.29) is 35.1 Å². The molecule has 6 nitrogen and oxygen atoms in total. The first-order valence-corrected chi connectivity index (χ1v) is 6.54. The second-order valence-electron chi connectivity index (χ2n) is 4.37. The fourth-order valence-corrected chi connectivity index (χ4v) is 1.95. The number of carbonyl (C=O) groups excluding carboxylic acids is 1. The van der Waals surface area contributed by atoms with Crippen LogP contribution in [0.5, 0.6) is 5.75 Å². The summed E-state index contributed by atoms with van der Waals surface area (Å²) in [5.74, 6) is -1.51. The van der Waals surface area contributed by atoms with Gasteiger partial charge in [-0.05, 0) is 26.0 Å². The molecule has 0 aliphatic carbocycles. The Labute approximate surface area is 149 Å². The molecule has 1 aromatic heterocycles. The SMILES string of the molecule is CCOCCOc1ccc2c(=O)cc(C(=O)[O-])oc2c1C.[Na+].